The molecule has 10 heteroatoms. The molecule has 1 heterocycles. The number of benzene rings is 2. The topological polar surface area (TPSA) is 106 Å². The van der Waals surface area contributed by atoms with Crippen molar-refractivity contribution in [2.24, 2.45) is 5.92 Å². The number of amides is 3. The van der Waals surface area contributed by atoms with E-state index in [9.17, 15) is 14.4 Å². The van der Waals surface area contributed by atoms with Gasteiger partial charge in [-0.05, 0) is 24.3 Å². The Labute approximate surface area is 184 Å². The zero-order valence-electron chi connectivity index (χ0n) is 17.2. The second kappa shape index (κ2) is 9.57. The van der Waals surface area contributed by atoms with Crippen LogP contribution in [0.2, 0.25) is 5.02 Å². The number of hydrogen-bond acceptors (Lipinski definition) is 6. The summed E-state index contributed by atoms with van der Waals surface area (Å²) in [6, 6.07) is 9.50. The summed E-state index contributed by atoms with van der Waals surface area (Å²) in [6.07, 6.45) is -0.000686. The van der Waals surface area contributed by atoms with Crippen molar-refractivity contribution < 1.29 is 28.6 Å². The van der Waals surface area contributed by atoms with Crippen molar-refractivity contribution >= 4 is 35.0 Å². The summed E-state index contributed by atoms with van der Waals surface area (Å²) in [5.74, 6) is -0.642. The van der Waals surface area contributed by atoms with Crippen LogP contribution in [0.3, 0.4) is 0 Å². The summed E-state index contributed by atoms with van der Waals surface area (Å²) < 4.78 is 15.9. The van der Waals surface area contributed by atoms with Crippen LogP contribution in [0.1, 0.15) is 16.8 Å². The Balaban J connectivity index is 1.67. The zero-order chi connectivity index (χ0) is 22.5. The van der Waals surface area contributed by atoms with Crippen molar-refractivity contribution in [1.29, 1.82) is 0 Å². The Hall–Kier alpha value is -3.46. The van der Waals surface area contributed by atoms with Crippen LogP contribution in [0.25, 0.3) is 0 Å². The van der Waals surface area contributed by atoms with E-state index in [0.717, 1.165) is 0 Å². The highest BCUT2D eigenvalue weighted by atomic mass is 35.5. The number of methoxy groups -OCH3 is 3. The number of carbonyl (C=O) groups is 3. The molecule has 1 saturated heterocycles. The van der Waals surface area contributed by atoms with Gasteiger partial charge in [-0.1, -0.05) is 11.6 Å². The molecule has 2 N–H and O–H groups in total. The van der Waals surface area contributed by atoms with Crippen molar-refractivity contribution in [1.82, 2.24) is 10.9 Å². The fourth-order valence-electron chi connectivity index (χ4n) is 3.25. The van der Waals surface area contributed by atoms with Crippen LogP contribution in [-0.2, 0) is 9.59 Å². The highest BCUT2D eigenvalue weighted by Crippen LogP contribution is 2.42. The Kier molecular flexibility index (Phi) is 6.86. The van der Waals surface area contributed by atoms with E-state index < -0.39 is 17.7 Å². The SMILES string of the molecule is COc1cc(N2CC(C(=O)NNC(=O)c3ccc(Cl)cc3)CC2=O)cc(OC)c1OC. The third-order valence-corrected chi connectivity index (χ3v) is 5.11. The number of hydrazine groups is 1. The summed E-state index contributed by atoms with van der Waals surface area (Å²) in [7, 11) is 4.44. The highest BCUT2D eigenvalue weighted by Gasteiger charge is 2.36. The molecule has 3 rings (SSSR count). The second-order valence-corrected chi connectivity index (χ2v) is 7.18. The van der Waals surface area contributed by atoms with E-state index in [1.165, 1.54) is 38.4 Å². The van der Waals surface area contributed by atoms with Gasteiger partial charge >= 0.3 is 0 Å². The lowest BCUT2D eigenvalue weighted by Crippen LogP contribution is -2.45. The minimum atomic E-state index is -0.642. The highest BCUT2D eigenvalue weighted by molar-refractivity contribution is 6.30. The lowest BCUT2D eigenvalue weighted by atomic mass is 10.1. The molecule has 0 radical (unpaired) electrons. The first-order valence-corrected chi connectivity index (χ1v) is 9.71. The van der Waals surface area contributed by atoms with Gasteiger partial charge in [-0.25, -0.2) is 0 Å². The number of ether oxygens (including phenoxy) is 3. The minimum Gasteiger partial charge on any atom is -0.493 e. The van der Waals surface area contributed by atoms with Gasteiger partial charge in [0, 0.05) is 35.7 Å². The first-order valence-electron chi connectivity index (χ1n) is 9.34. The first kappa shape index (κ1) is 22.2. The van der Waals surface area contributed by atoms with Gasteiger partial charge < -0.3 is 19.1 Å². The maximum absolute atomic E-state index is 12.6. The molecule has 0 spiro atoms. The molecule has 164 valence electrons. The molecular weight excluding hydrogens is 426 g/mol. The van der Waals surface area contributed by atoms with Gasteiger partial charge in [0.15, 0.2) is 11.5 Å². The van der Waals surface area contributed by atoms with Gasteiger partial charge in [0.05, 0.1) is 32.9 Å². The average molecular weight is 448 g/mol. The summed E-state index contributed by atoms with van der Waals surface area (Å²) in [6.45, 7) is 0.139. The number of halogens is 1. The largest absolute Gasteiger partial charge is 0.493 e. The van der Waals surface area contributed by atoms with Crippen molar-refractivity contribution in [3.63, 3.8) is 0 Å². The summed E-state index contributed by atoms with van der Waals surface area (Å²) >= 11 is 5.80. The lowest BCUT2D eigenvalue weighted by Gasteiger charge is -2.20. The van der Waals surface area contributed by atoms with E-state index >= 15 is 0 Å². The molecule has 31 heavy (non-hydrogen) atoms. The van der Waals surface area contributed by atoms with Crippen molar-refractivity contribution in [3.8, 4) is 17.2 Å². The predicted molar refractivity (Wildman–Crippen MR) is 114 cm³/mol. The summed E-state index contributed by atoms with van der Waals surface area (Å²) in [4.78, 5) is 38.7. The maximum atomic E-state index is 12.6. The average Bonchev–Trinajstić information content (AvgIpc) is 3.18. The van der Waals surface area contributed by atoms with E-state index in [4.69, 9.17) is 25.8 Å². The summed E-state index contributed by atoms with van der Waals surface area (Å²) in [5, 5.41) is 0.497. The minimum absolute atomic E-state index is 0.000686. The van der Waals surface area contributed by atoms with Gasteiger partial charge in [-0.3, -0.25) is 25.2 Å². The molecule has 1 atom stereocenters. The van der Waals surface area contributed by atoms with Gasteiger partial charge in [-0.2, -0.15) is 0 Å². The van der Waals surface area contributed by atoms with Crippen molar-refractivity contribution in [3.05, 3.63) is 47.0 Å². The second-order valence-electron chi connectivity index (χ2n) is 6.74. The molecule has 1 aliphatic rings. The van der Waals surface area contributed by atoms with Gasteiger partial charge in [0.2, 0.25) is 17.6 Å². The number of rotatable bonds is 6. The lowest BCUT2D eigenvalue weighted by molar-refractivity contribution is -0.126. The van der Waals surface area contributed by atoms with Crippen LogP contribution in [0.4, 0.5) is 5.69 Å². The van der Waals surface area contributed by atoms with E-state index in [1.807, 2.05) is 0 Å². The van der Waals surface area contributed by atoms with E-state index in [-0.39, 0.29) is 18.9 Å². The third-order valence-electron chi connectivity index (χ3n) is 4.86. The van der Waals surface area contributed by atoms with Gasteiger partial charge in [0.1, 0.15) is 0 Å². The molecule has 0 aromatic heterocycles. The molecule has 1 fully saturated rings. The number of hydrogen-bond donors (Lipinski definition) is 2. The van der Waals surface area contributed by atoms with Crippen LogP contribution in [0, 0.1) is 5.92 Å². The molecule has 0 saturated carbocycles. The smallest absolute Gasteiger partial charge is 0.269 e. The predicted octanol–water partition coefficient (Wildman–Crippen LogP) is 2.18. The van der Waals surface area contributed by atoms with Gasteiger partial charge in [-0.15, -0.1) is 0 Å². The molecule has 2 aromatic rings. The Morgan fingerprint density at radius 3 is 2.16 bits per heavy atom. The third kappa shape index (κ3) is 4.83. The molecule has 3 amide bonds. The maximum Gasteiger partial charge on any atom is 0.269 e. The number of nitrogens with one attached hydrogen (secondary N) is 2. The Bertz CT molecular complexity index is 970. The fourth-order valence-corrected chi connectivity index (χ4v) is 3.38. The molecule has 1 unspecified atom stereocenters. The summed E-state index contributed by atoms with van der Waals surface area (Å²) in [5.41, 5.74) is 5.57. The van der Waals surface area contributed by atoms with Crippen LogP contribution < -0.4 is 30.0 Å². The van der Waals surface area contributed by atoms with E-state index in [2.05, 4.69) is 10.9 Å². The standard InChI is InChI=1S/C21H22ClN3O6/c1-29-16-9-15(10-17(30-2)19(16)31-3)25-11-13(8-18(25)26)21(28)24-23-20(27)12-4-6-14(22)7-5-12/h4-7,9-10,13H,8,11H2,1-3H3,(H,23,27)(H,24,28). The van der Waals surface area contributed by atoms with Crippen LogP contribution >= 0.6 is 11.6 Å². The van der Waals surface area contributed by atoms with Crippen LogP contribution in [-0.4, -0.2) is 45.6 Å². The van der Waals surface area contributed by atoms with Crippen molar-refractivity contribution in [2.45, 2.75) is 6.42 Å². The normalized spacial score (nSPS) is 15.4. The fraction of sp³-hybridized carbons (Fsp3) is 0.286. The van der Waals surface area contributed by atoms with Crippen LogP contribution in [0.5, 0.6) is 17.2 Å². The number of nitrogens with zero attached hydrogens (tertiary/aromatic N) is 1. The number of carbonyl (C=O) groups excluding carboxylic acids is 3. The molecule has 1 aliphatic heterocycles. The monoisotopic (exact) mass is 447 g/mol. The number of anilines is 1. The quantitative estimate of drug-likeness (QED) is 0.657. The van der Waals surface area contributed by atoms with E-state index in [0.29, 0.717) is 33.5 Å². The molecule has 0 aliphatic carbocycles. The molecule has 2 aromatic carbocycles. The van der Waals surface area contributed by atoms with E-state index in [1.54, 1.807) is 24.3 Å². The van der Waals surface area contributed by atoms with Gasteiger partial charge in [0.25, 0.3) is 5.91 Å². The van der Waals surface area contributed by atoms with Crippen LogP contribution in [0.15, 0.2) is 36.4 Å². The molecular formula is C21H22ClN3O6. The first-order chi connectivity index (χ1) is 14.9. The molecule has 9 nitrogen and oxygen atoms in total. The molecule has 0 bridgehead atoms. The Morgan fingerprint density at radius 2 is 1.61 bits per heavy atom. The Morgan fingerprint density at radius 1 is 1.00 bits per heavy atom. The zero-order valence-corrected chi connectivity index (χ0v) is 18.0. The van der Waals surface area contributed by atoms with Crippen molar-refractivity contribution in [2.75, 3.05) is 32.8 Å².